The molecule has 1 aromatic rings. The van der Waals surface area contributed by atoms with Gasteiger partial charge in [0.1, 0.15) is 0 Å². The monoisotopic (exact) mass is 401 g/mol. The van der Waals surface area contributed by atoms with Crippen LogP contribution < -0.4 is 0 Å². The van der Waals surface area contributed by atoms with Gasteiger partial charge in [-0.3, -0.25) is 4.79 Å². The van der Waals surface area contributed by atoms with Crippen molar-refractivity contribution in [3.8, 4) is 0 Å². The lowest BCUT2D eigenvalue weighted by molar-refractivity contribution is 0.0782. The lowest BCUT2D eigenvalue weighted by atomic mass is 10.2. The summed E-state index contributed by atoms with van der Waals surface area (Å²) in [6.07, 6.45) is 2.41. The molecule has 0 aliphatic carbocycles. The van der Waals surface area contributed by atoms with E-state index in [4.69, 9.17) is 11.6 Å². The van der Waals surface area contributed by atoms with Crippen molar-refractivity contribution in [2.75, 3.05) is 46.3 Å². The number of carbonyl (C=O) groups excluding carboxylic acids is 1. The number of likely N-dealkylation sites (N-methyl/N-ethyl adjacent to an activating group) is 1. The highest BCUT2D eigenvalue weighted by Crippen LogP contribution is 2.24. The normalized spacial score (nSPS) is 15.6. The standard InChI is InChI=1S/C18H28ClN3O3S/c1-4-22(5-2)26(24,25)15-8-9-17(19)16(14-15)18(23)20(3)12-13-21-10-6-7-11-21/h8-9,14H,4-7,10-13H2,1-3H3. The summed E-state index contributed by atoms with van der Waals surface area (Å²) in [7, 11) is -1.91. The Balaban J connectivity index is 2.18. The van der Waals surface area contributed by atoms with Crippen LogP contribution in [0.4, 0.5) is 0 Å². The van der Waals surface area contributed by atoms with Crippen LogP contribution in [0.1, 0.15) is 37.0 Å². The summed E-state index contributed by atoms with van der Waals surface area (Å²) < 4.78 is 26.8. The Kier molecular flexibility index (Phi) is 7.46. The minimum atomic E-state index is -3.63. The van der Waals surface area contributed by atoms with E-state index in [0.29, 0.717) is 19.6 Å². The van der Waals surface area contributed by atoms with E-state index in [1.54, 1.807) is 25.8 Å². The Morgan fingerprint density at radius 3 is 2.38 bits per heavy atom. The molecule has 0 spiro atoms. The zero-order chi connectivity index (χ0) is 19.3. The average molecular weight is 402 g/mol. The molecule has 1 heterocycles. The maximum absolute atomic E-state index is 12.8. The molecule has 0 aromatic heterocycles. The van der Waals surface area contributed by atoms with Crippen LogP contribution in [0.5, 0.6) is 0 Å². The van der Waals surface area contributed by atoms with Gasteiger partial charge in [0.05, 0.1) is 15.5 Å². The smallest absolute Gasteiger partial charge is 0.255 e. The molecule has 1 amide bonds. The second kappa shape index (κ2) is 9.17. The van der Waals surface area contributed by atoms with Gasteiger partial charge in [-0.1, -0.05) is 25.4 Å². The highest BCUT2D eigenvalue weighted by Gasteiger charge is 2.25. The highest BCUT2D eigenvalue weighted by molar-refractivity contribution is 7.89. The van der Waals surface area contributed by atoms with Gasteiger partial charge in [-0.2, -0.15) is 4.31 Å². The number of likely N-dealkylation sites (tertiary alicyclic amines) is 1. The second-order valence-electron chi connectivity index (χ2n) is 6.51. The molecule has 1 aliphatic heterocycles. The van der Waals surface area contributed by atoms with Crippen LogP contribution in [-0.2, 0) is 10.0 Å². The molecule has 0 radical (unpaired) electrons. The van der Waals surface area contributed by atoms with Gasteiger partial charge >= 0.3 is 0 Å². The number of nitrogens with zero attached hydrogens (tertiary/aromatic N) is 3. The SMILES string of the molecule is CCN(CC)S(=O)(=O)c1ccc(Cl)c(C(=O)N(C)CCN2CCCC2)c1. The van der Waals surface area contributed by atoms with Crippen LogP contribution in [0.2, 0.25) is 5.02 Å². The molecule has 0 saturated carbocycles. The topological polar surface area (TPSA) is 60.9 Å². The summed E-state index contributed by atoms with van der Waals surface area (Å²) in [6, 6.07) is 4.33. The largest absolute Gasteiger partial charge is 0.340 e. The number of amides is 1. The number of sulfonamides is 1. The maximum atomic E-state index is 12.8. The molecular weight excluding hydrogens is 374 g/mol. The fraction of sp³-hybridized carbons (Fsp3) is 0.611. The van der Waals surface area contributed by atoms with Crippen molar-refractivity contribution < 1.29 is 13.2 Å². The van der Waals surface area contributed by atoms with Crippen molar-refractivity contribution in [1.29, 1.82) is 0 Å². The second-order valence-corrected chi connectivity index (χ2v) is 8.85. The molecule has 1 saturated heterocycles. The summed E-state index contributed by atoms with van der Waals surface area (Å²) in [4.78, 5) is 16.8. The van der Waals surface area contributed by atoms with Crippen LogP contribution >= 0.6 is 11.6 Å². The molecule has 6 nitrogen and oxygen atoms in total. The summed E-state index contributed by atoms with van der Waals surface area (Å²) in [5.41, 5.74) is 0.226. The van der Waals surface area contributed by atoms with E-state index in [1.807, 2.05) is 0 Å². The third-order valence-electron chi connectivity index (χ3n) is 4.81. The predicted molar refractivity (Wildman–Crippen MR) is 104 cm³/mol. The van der Waals surface area contributed by atoms with E-state index in [9.17, 15) is 13.2 Å². The Hall–Kier alpha value is -1.15. The molecular formula is C18H28ClN3O3S. The van der Waals surface area contributed by atoms with Gasteiger partial charge < -0.3 is 9.80 Å². The molecule has 146 valence electrons. The van der Waals surface area contributed by atoms with Crippen molar-refractivity contribution in [3.63, 3.8) is 0 Å². The Morgan fingerprint density at radius 2 is 1.81 bits per heavy atom. The third-order valence-corrected chi connectivity index (χ3v) is 7.18. The number of hydrogen-bond acceptors (Lipinski definition) is 4. The number of carbonyl (C=O) groups is 1. The predicted octanol–water partition coefficient (Wildman–Crippen LogP) is 2.54. The van der Waals surface area contributed by atoms with Crippen LogP contribution in [0.3, 0.4) is 0 Å². The summed E-state index contributed by atoms with van der Waals surface area (Å²) in [6.45, 7) is 7.87. The Labute approximate surface area is 161 Å². The first-order valence-electron chi connectivity index (χ1n) is 9.08. The molecule has 2 rings (SSSR count). The molecule has 0 unspecified atom stereocenters. The zero-order valence-electron chi connectivity index (χ0n) is 15.7. The van der Waals surface area contributed by atoms with Crippen molar-refractivity contribution in [2.24, 2.45) is 0 Å². The molecule has 26 heavy (non-hydrogen) atoms. The number of halogens is 1. The van der Waals surface area contributed by atoms with E-state index < -0.39 is 10.0 Å². The molecule has 0 bridgehead atoms. The first-order chi connectivity index (χ1) is 12.3. The first-order valence-corrected chi connectivity index (χ1v) is 10.9. The van der Waals surface area contributed by atoms with E-state index in [2.05, 4.69) is 4.90 Å². The Bertz CT molecular complexity index is 729. The molecule has 1 aromatic carbocycles. The lowest BCUT2D eigenvalue weighted by Gasteiger charge is -2.23. The first kappa shape index (κ1) is 21.2. The highest BCUT2D eigenvalue weighted by atomic mass is 35.5. The average Bonchev–Trinajstić information content (AvgIpc) is 3.13. The number of benzene rings is 1. The summed E-state index contributed by atoms with van der Waals surface area (Å²) in [5.74, 6) is -0.259. The lowest BCUT2D eigenvalue weighted by Crippen LogP contribution is -2.35. The molecule has 1 fully saturated rings. The number of hydrogen-bond donors (Lipinski definition) is 0. The third kappa shape index (κ3) is 4.76. The van der Waals surface area contributed by atoms with Crippen molar-refractivity contribution in [1.82, 2.24) is 14.1 Å². The van der Waals surface area contributed by atoms with Crippen LogP contribution in [-0.4, -0.2) is 74.7 Å². The molecule has 0 atom stereocenters. The van der Waals surface area contributed by atoms with Crippen molar-refractivity contribution in [3.05, 3.63) is 28.8 Å². The van der Waals surface area contributed by atoms with Gasteiger partial charge in [-0.15, -0.1) is 0 Å². The fourth-order valence-corrected chi connectivity index (χ4v) is 4.83. The van der Waals surface area contributed by atoms with Gasteiger partial charge in [0.25, 0.3) is 5.91 Å². The minimum absolute atomic E-state index is 0.0990. The van der Waals surface area contributed by atoms with Crippen molar-refractivity contribution in [2.45, 2.75) is 31.6 Å². The Morgan fingerprint density at radius 1 is 1.19 bits per heavy atom. The fourth-order valence-electron chi connectivity index (χ4n) is 3.15. The van der Waals surface area contributed by atoms with Crippen LogP contribution in [0.15, 0.2) is 23.1 Å². The zero-order valence-corrected chi connectivity index (χ0v) is 17.3. The minimum Gasteiger partial charge on any atom is -0.340 e. The molecule has 8 heteroatoms. The summed E-state index contributed by atoms with van der Waals surface area (Å²) in [5, 5.41) is 0.265. The van der Waals surface area contributed by atoms with E-state index in [-0.39, 0.29) is 21.4 Å². The van der Waals surface area contributed by atoms with Gasteiger partial charge in [-0.05, 0) is 44.1 Å². The molecule has 0 N–H and O–H groups in total. The number of rotatable bonds is 8. The van der Waals surface area contributed by atoms with Crippen LogP contribution in [0, 0.1) is 0 Å². The van der Waals surface area contributed by atoms with E-state index in [0.717, 1.165) is 19.6 Å². The maximum Gasteiger partial charge on any atom is 0.255 e. The summed E-state index contributed by atoms with van der Waals surface area (Å²) >= 11 is 6.19. The molecule has 1 aliphatic rings. The van der Waals surface area contributed by atoms with Crippen molar-refractivity contribution >= 4 is 27.5 Å². The van der Waals surface area contributed by atoms with Gasteiger partial charge in [0.2, 0.25) is 10.0 Å². The van der Waals surface area contributed by atoms with E-state index >= 15 is 0 Å². The van der Waals surface area contributed by atoms with E-state index in [1.165, 1.54) is 35.3 Å². The van der Waals surface area contributed by atoms with Crippen LogP contribution in [0.25, 0.3) is 0 Å². The quantitative estimate of drug-likeness (QED) is 0.671. The van der Waals surface area contributed by atoms with Gasteiger partial charge in [-0.25, -0.2) is 8.42 Å². The van der Waals surface area contributed by atoms with Gasteiger partial charge in [0, 0.05) is 33.2 Å². The van der Waals surface area contributed by atoms with Gasteiger partial charge in [0.15, 0.2) is 0 Å².